The minimum Gasteiger partial charge on any atom is -0.464 e. The van der Waals surface area contributed by atoms with Gasteiger partial charge in [-0.25, -0.2) is 14.8 Å². The van der Waals surface area contributed by atoms with Crippen LogP contribution in [0.2, 0.25) is 0 Å². The van der Waals surface area contributed by atoms with Crippen molar-refractivity contribution in [2.45, 2.75) is 91.5 Å². The number of pyridine rings is 1. The van der Waals surface area contributed by atoms with Gasteiger partial charge in [-0.2, -0.15) is 0 Å². The molecule has 6 bridgehead atoms. The number of halogens is 1. The summed E-state index contributed by atoms with van der Waals surface area (Å²) in [5.74, 6) is -1.25. The molecule has 4 aromatic rings. The van der Waals surface area contributed by atoms with E-state index in [1.54, 1.807) is 13.2 Å². The Labute approximate surface area is 349 Å². The first-order chi connectivity index (χ1) is 28.2. The first-order valence-electron chi connectivity index (χ1n) is 21.1. The van der Waals surface area contributed by atoms with Crippen molar-refractivity contribution in [2.24, 2.45) is 17.3 Å². The van der Waals surface area contributed by atoms with Gasteiger partial charge in [0.25, 0.3) is 5.91 Å². The Morgan fingerprint density at radius 3 is 2.63 bits per heavy atom. The number of piperazine rings is 1. The van der Waals surface area contributed by atoms with Crippen molar-refractivity contribution in [3.05, 3.63) is 51.9 Å². The fraction of sp³-hybridized carbons (Fsp3) is 0.568. The summed E-state index contributed by atoms with van der Waals surface area (Å²) in [4.78, 5) is 55.8. The van der Waals surface area contributed by atoms with E-state index in [9.17, 15) is 14.4 Å². The second-order valence-electron chi connectivity index (χ2n) is 17.7. The number of anilines is 1. The van der Waals surface area contributed by atoms with Crippen molar-refractivity contribution >= 4 is 45.7 Å². The van der Waals surface area contributed by atoms with Gasteiger partial charge in [-0.3, -0.25) is 24.4 Å². The molecule has 6 heterocycles. The number of hydrogen-bond acceptors (Lipinski definition) is 11. The molecule has 13 nitrogen and oxygen atoms in total. The summed E-state index contributed by atoms with van der Waals surface area (Å²) >= 11 is 1.34. The van der Waals surface area contributed by atoms with E-state index in [2.05, 4.69) is 59.0 Å². The monoisotopic (exact) mass is 828 g/mol. The molecule has 1 saturated carbocycles. The number of amides is 2. The first kappa shape index (κ1) is 41.3. The molecule has 0 spiro atoms. The van der Waals surface area contributed by atoms with Crippen molar-refractivity contribution in [1.82, 2.24) is 35.2 Å². The number of cyclic esters (lactones) is 1. The van der Waals surface area contributed by atoms with Crippen LogP contribution in [0.3, 0.4) is 0 Å². The molecule has 59 heavy (non-hydrogen) atoms. The second kappa shape index (κ2) is 16.5. The molecule has 2 amide bonds. The average molecular weight is 829 g/mol. The lowest BCUT2D eigenvalue weighted by Gasteiger charge is -2.35. The van der Waals surface area contributed by atoms with Gasteiger partial charge in [0.1, 0.15) is 17.9 Å². The number of nitrogens with zero attached hydrogens (tertiary/aromatic N) is 6. The van der Waals surface area contributed by atoms with Crippen LogP contribution in [0.15, 0.2) is 29.8 Å². The summed E-state index contributed by atoms with van der Waals surface area (Å²) in [6, 6.07) is 4.07. The Kier molecular flexibility index (Phi) is 11.6. The number of nitrogens with one attached hydrogen (secondary N) is 2. The smallest absolute Gasteiger partial charge is 0.324 e. The maximum absolute atomic E-state index is 16.6. The lowest BCUT2D eigenvalue weighted by molar-refractivity contribution is -0.155. The molecule has 4 aliphatic rings. The van der Waals surface area contributed by atoms with Crippen molar-refractivity contribution in [2.75, 3.05) is 58.4 Å². The summed E-state index contributed by atoms with van der Waals surface area (Å²) in [5.41, 5.74) is 8.76. The lowest BCUT2D eigenvalue weighted by Crippen LogP contribution is -2.60. The Balaban J connectivity index is 1.28. The van der Waals surface area contributed by atoms with Crippen LogP contribution in [0.1, 0.15) is 76.3 Å². The minimum absolute atomic E-state index is 0.110. The van der Waals surface area contributed by atoms with E-state index in [1.165, 1.54) is 16.3 Å². The van der Waals surface area contributed by atoms with Gasteiger partial charge in [0.05, 0.1) is 52.2 Å². The standard InChI is InChI=1S/C44H57FN8O5S/c1-8-52-37-19-33(45)30-18-29(37)32(40(52)31-17-27(22-46-39(31)26(3)57-7)51-14-12-50(6)13-15-51)21-44(4,5)24-58-43(56)34-10-9-11-53(49-34)42(55)35(20-38-47-36(30)23-59-38)48-41(54)28-16-25(28)2/h17-19,22-23,25-26,28,34-35,49H,8-16,20-21,24H2,1-7H3,(H,48,54)/t25-,26-,28-,34-,35-/m0/s1. The van der Waals surface area contributed by atoms with Crippen molar-refractivity contribution in [3.63, 3.8) is 0 Å². The number of benzene rings is 1. The zero-order valence-electron chi connectivity index (χ0n) is 35.3. The molecule has 5 atom stereocenters. The highest BCUT2D eigenvalue weighted by Gasteiger charge is 2.42. The Bertz CT molecular complexity index is 2250. The highest BCUT2D eigenvalue weighted by atomic mass is 32.1. The molecule has 15 heteroatoms. The highest BCUT2D eigenvalue weighted by molar-refractivity contribution is 7.10. The van der Waals surface area contributed by atoms with E-state index in [0.717, 1.165) is 71.7 Å². The number of aromatic nitrogens is 3. The normalized spacial score (nSPS) is 24.5. The number of thiazole rings is 1. The number of esters is 1. The molecular weight excluding hydrogens is 772 g/mol. The van der Waals surface area contributed by atoms with Gasteiger partial charge < -0.3 is 29.2 Å². The number of fused-ring (bicyclic) bond motifs is 6. The van der Waals surface area contributed by atoms with Gasteiger partial charge in [0, 0.05) is 86.0 Å². The van der Waals surface area contributed by atoms with Gasteiger partial charge in [-0.15, -0.1) is 11.3 Å². The van der Waals surface area contributed by atoms with E-state index >= 15 is 4.39 Å². The molecule has 8 rings (SSSR count). The van der Waals surface area contributed by atoms with Crippen molar-refractivity contribution in [1.29, 1.82) is 0 Å². The summed E-state index contributed by atoms with van der Waals surface area (Å²) in [6.45, 7) is 14.9. The van der Waals surface area contributed by atoms with Gasteiger partial charge in [-0.1, -0.05) is 20.8 Å². The third-order valence-corrected chi connectivity index (χ3v) is 13.5. The fourth-order valence-electron chi connectivity index (χ4n) is 8.85. The van der Waals surface area contributed by atoms with Crippen molar-refractivity contribution < 1.29 is 28.2 Å². The quantitative estimate of drug-likeness (QED) is 0.222. The summed E-state index contributed by atoms with van der Waals surface area (Å²) in [5, 5.41) is 7.73. The lowest BCUT2D eigenvalue weighted by atomic mass is 9.84. The second-order valence-corrected chi connectivity index (χ2v) is 18.6. The van der Waals surface area contributed by atoms with Crippen LogP contribution in [-0.4, -0.2) is 108 Å². The molecule has 1 aliphatic carbocycles. The minimum atomic E-state index is -0.923. The van der Waals surface area contributed by atoms with Crippen LogP contribution < -0.4 is 15.6 Å². The number of carbonyl (C=O) groups excluding carboxylic acids is 3. The number of methoxy groups -OCH3 is 1. The zero-order valence-corrected chi connectivity index (χ0v) is 36.1. The van der Waals surface area contributed by atoms with Crippen LogP contribution in [0.4, 0.5) is 10.1 Å². The number of hydrogen-bond donors (Lipinski definition) is 2. The topological polar surface area (TPSA) is 134 Å². The van der Waals surface area contributed by atoms with Crippen molar-refractivity contribution in [3.8, 4) is 22.5 Å². The molecule has 3 aliphatic heterocycles. The highest BCUT2D eigenvalue weighted by Crippen LogP contribution is 2.44. The molecule has 2 saturated heterocycles. The zero-order chi connectivity index (χ0) is 41.7. The SMILES string of the molecule is CCn1c(-c2cc(N3CCN(C)CC3)cnc2[C@H](C)OC)c2c3cc(c(F)cc31)-c1csc(n1)C[C@H](NC(=O)[C@H]1C[C@@H]1C)C(=O)N1CCC[C@H](N1)C(=O)OCC(C)(C)C2. The Morgan fingerprint density at radius 2 is 1.92 bits per heavy atom. The number of hydrazine groups is 1. The third kappa shape index (κ3) is 8.35. The van der Waals surface area contributed by atoms with Crippen LogP contribution >= 0.6 is 11.3 Å². The number of carbonyl (C=O) groups is 3. The van der Waals surface area contributed by atoms with Crippen LogP contribution in [0.5, 0.6) is 0 Å². The van der Waals surface area contributed by atoms with Gasteiger partial charge in [0.2, 0.25) is 5.91 Å². The van der Waals surface area contributed by atoms with Crippen LogP contribution in [0, 0.1) is 23.1 Å². The van der Waals surface area contributed by atoms with E-state index in [4.69, 9.17) is 19.4 Å². The van der Waals surface area contributed by atoms with Gasteiger partial charge >= 0.3 is 5.97 Å². The Morgan fingerprint density at radius 1 is 1.15 bits per heavy atom. The molecule has 1 aromatic carbocycles. The maximum atomic E-state index is 16.6. The van der Waals surface area contributed by atoms with E-state index < -0.39 is 29.3 Å². The first-order valence-corrected chi connectivity index (χ1v) is 21.9. The fourth-order valence-corrected chi connectivity index (χ4v) is 9.69. The van der Waals surface area contributed by atoms with Gasteiger partial charge in [0.15, 0.2) is 0 Å². The molecule has 3 fully saturated rings. The largest absolute Gasteiger partial charge is 0.464 e. The molecule has 0 unspecified atom stereocenters. The number of likely N-dealkylation sites (N-methyl/N-ethyl adjacent to an activating group) is 1. The summed E-state index contributed by atoms with van der Waals surface area (Å²) < 4.78 is 30.8. The summed E-state index contributed by atoms with van der Waals surface area (Å²) in [7, 11) is 3.82. The number of rotatable bonds is 7. The predicted octanol–water partition coefficient (Wildman–Crippen LogP) is 5.75. The molecule has 3 aromatic heterocycles. The van der Waals surface area contributed by atoms with Crippen LogP contribution in [0.25, 0.3) is 33.4 Å². The third-order valence-electron chi connectivity index (χ3n) is 12.6. The Hall–Kier alpha value is -4.44. The maximum Gasteiger partial charge on any atom is 0.324 e. The molecule has 316 valence electrons. The molecule has 0 radical (unpaired) electrons. The van der Waals surface area contributed by atoms with Crippen LogP contribution in [-0.2, 0) is 43.2 Å². The van der Waals surface area contributed by atoms with E-state index in [0.29, 0.717) is 48.6 Å². The molecule has 2 N–H and O–H groups in total. The number of ether oxygens (including phenoxy) is 2. The number of aryl methyl sites for hydroxylation is 1. The average Bonchev–Trinajstić information content (AvgIpc) is 3.67. The van der Waals surface area contributed by atoms with E-state index in [1.807, 2.05) is 31.5 Å². The summed E-state index contributed by atoms with van der Waals surface area (Å²) in [6.07, 6.45) is 4.10. The molecular formula is C44H57FN8O5S. The van der Waals surface area contributed by atoms with E-state index in [-0.39, 0.29) is 42.8 Å². The van der Waals surface area contributed by atoms with Gasteiger partial charge in [-0.05, 0) is 76.3 Å². The predicted molar refractivity (Wildman–Crippen MR) is 226 cm³/mol.